The number of aromatic nitrogens is 2. The van der Waals surface area contributed by atoms with Crippen LogP contribution in [0, 0.1) is 0 Å². The number of rotatable bonds is 3. The summed E-state index contributed by atoms with van der Waals surface area (Å²) in [5.74, 6) is 0. The van der Waals surface area contributed by atoms with Gasteiger partial charge in [0.15, 0.2) is 0 Å². The summed E-state index contributed by atoms with van der Waals surface area (Å²) in [6.45, 7) is 3.28. The Hall–Kier alpha value is -1.40. The lowest BCUT2D eigenvalue weighted by molar-refractivity contribution is 0.113. The molecular formula is C12H19N3O3. The van der Waals surface area contributed by atoms with Crippen LogP contribution in [0.4, 0.5) is 0 Å². The van der Waals surface area contributed by atoms with Crippen LogP contribution in [0.5, 0.6) is 0 Å². The summed E-state index contributed by atoms with van der Waals surface area (Å²) >= 11 is 0. The van der Waals surface area contributed by atoms with E-state index in [0.29, 0.717) is 12.2 Å². The summed E-state index contributed by atoms with van der Waals surface area (Å²) in [6.07, 6.45) is 1.13. The van der Waals surface area contributed by atoms with Crippen LogP contribution < -0.4 is 16.6 Å². The predicted octanol–water partition coefficient (Wildman–Crippen LogP) is -0.649. The minimum atomic E-state index is -0.296. The monoisotopic (exact) mass is 253 g/mol. The van der Waals surface area contributed by atoms with Gasteiger partial charge in [-0.25, -0.2) is 4.79 Å². The molecule has 1 fully saturated rings. The highest BCUT2D eigenvalue weighted by molar-refractivity contribution is 5.02. The van der Waals surface area contributed by atoms with Crippen LogP contribution in [-0.2, 0) is 25.4 Å². The van der Waals surface area contributed by atoms with Crippen LogP contribution in [0.1, 0.15) is 19.0 Å². The van der Waals surface area contributed by atoms with Crippen molar-refractivity contribution in [3.05, 3.63) is 32.6 Å². The van der Waals surface area contributed by atoms with Gasteiger partial charge in [-0.1, -0.05) is 0 Å². The Morgan fingerprint density at radius 2 is 2.11 bits per heavy atom. The first-order valence-electron chi connectivity index (χ1n) is 6.11. The first-order chi connectivity index (χ1) is 8.50. The van der Waals surface area contributed by atoms with E-state index >= 15 is 0 Å². The maximum absolute atomic E-state index is 11.7. The van der Waals surface area contributed by atoms with E-state index in [1.807, 2.05) is 6.92 Å². The molecule has 1 aliphatic rings. The molecule has 0 aromatic carbocycles. The summed E-state index contributed by atoms with van der Waals surface area (Å²) < 4.78 is 8.05. The quantitative estimate of drug-likeness (QED) is 0.777. The molecule has 6 heteroatoms. The minimum absolute atomic E-state index is 0.175. The Morgan fingerprint density at radius 1 is 1.39 bits per heavy atom. The van der Waals surface area contributed by atoms with Gasteiger partial charge in [-0.05, 0) is 13.3 Å². The van der Waals surface area contributed by atoms with Gasteiger partial charge in [0.25, 0.3) is 5.56 Å². The highest BCUT2D eigenvalue weighted by Gasteiger charge is 2.23. The highest BCUT2D eigenvalue weighted by atomic mass is 16.5. The molecule has 1 aromatic rings. The predicted molar refractivity (Wildman–Crippen MR) is 67.6 cm³/mol. The van der Waals surface area contributed by atoms with E-state index < -0.39 is 0 Å². The zero-order valence-electron chi connectivity index (χ0n) is 11.0. The summed E-state index contributed by atoms with van der Waals surface area (Å²) in [4.78, 5) is 23.3. The third-order valence-electron chi connectivity index (χ3n) is 3.55. The van der Waals surface area contributed by atoms with E-state index in [2.05, 4.69) is 5.32 Å². The third-order valence-corrected chi connectivity index (χ3v) is 3.55. The number of hydrogen-bond acceptors (Lipinski definition) is 4. The molecule has 1 aromatic heterocycles. The van der Waals surface area contributed by atoms with Crippen LogP contribution in [0.3, 0.4) is 0 Å². The van der Waals surface area contributed by atoms with Crippen molar-refractivity contribution in [1.82, 2.24) is 14.5 Å². The highest BCUT2D eigenvalue weighted by Crippen LogP contribution is 2.12. The third kappa shape index (κ3) is 2.39. The Morgan fingerprint density at radius 3 is 2.72 bits per heavy atom. The van der Waals surface area contributed by atoms with Crippen molar-refractivity contribution in [2.75, 3.05) is 6.61 Å². The number of nitrogens with zero attached hydrogens (tertiary/aromatic N) is 2. The molecular weight excluding hydrogens is 234 g/mol. The smallest absolute Gasteiger partial charge is 0.330 e. The molecule has 1 N–H and O–H groups in total. The lowest BCUT2D eigenvalue weighted by atomic mass is 10.1. The van der Waals surface area contributed by atoms with Gasteiger partial charge >= 0.3 is 5.69 Å². The van der Waals surface area contributed by atoms with Gasteiger partial charge in [0.2, 0.25) is 0 Å². The fraction of sp³-hybridized carbons (Fsp3) is 0.667. The van der Waals surface area contributed by atoms with Crippen molar-refractivity contribution in [2.24, 2.45) is 14.1 Å². The fourth-order valence-electron chi connectivity index (χ4n) is 2.18. The van der Waals surface area contributed by atoms with Crippen molar-refractivity contribution in [3.63, 3.8) is 0 Å². The van der Waals surface area contributed by atoms with Gasteiger partial charge in [-0.3, -0.25) is 13.9 Å². The van der Waals surface area contributed by atoms with Crippen LogP contribution in [0.15, 0.2) is 15.7 Å². The zero-order valence-corrected chi connectivity index (χ0v) is 11.0. The maximum Gasteiger partial charge on any atom is 0.330 e. The van der Waals surface area contributed by atoms with Crippen molar-refractivity contribution in [2.45, 2.75) is 32.0 Å². The average Bonchev–Trinajstić information content (AvgIpc) is 2.75. The lowest BCUT2D eigenvalue weighted by Gasteiger charge is -2.17. The Labute approximate surface area is 105 Å². The molecule has 2 heterocycles. The Balaban J connectivity index is 2.15. The van der Waals surface area contributed by atoms with Gasteiger partial charge in [0.1, 0.15) is 0 Å². The second-order valence-electron chi connectivity index (χ2n) is 4.73. The van der Waals surface area contributed by atoms with Gasteiger partial charge in [0.05, 0.1) is 6.10 Å². The second kappa shape index (κ2) is 5.07. The van der Waals surface area contributed by atoms with Gasteiger partial charge in [-0.15, -0.1) is 0 Å². The molecule has 0 amide bonds. The number of nitrogens with one attached hydrogen (secondary N) is 1. The van der Waals surface area contributed by atoms with E-state index in [9.17, 15) is 9.59 Å². The number of ether oxygens (including phenoxy) is 1. The topological polar surface area (TPSA) is 65.3 Å². The van der Waals surface area contributed by atoms with E-state index in [4.69, 9.17) is 4.74 Å². The standard InChI is InChI=1S/C12H19N3O3/c1-8-10(4-5-18-8)13-7-9-6-11(16)15(3)12(17)14(9)2/h6,8,10,13H,4-5,7H2,1-3H3. The average molecular weight is 253 g/mol. The molecule has 1 aliphatic heterocycles. The zero-order chi connectivity index (χ0) is 13.3. The summed E-state index contributed by atoms with van der Waals surface area (Å²) in [5, 5.41) is 3.33. The first-order valence-corrected chi connectivity index (χ1v) is 6.11. The van der Waals surface area contributed by atoms with Gasteiger partial charge in [0, 0.05) is 45.0 Å². The maximum atomic E-state index is 11.7. The molecule has 0 spiro atoms. The lowest BCUT2D eigenvalue weighted by Crippen LogP contribution is -2.41. The molecule has 0 radical (unpaired) electrons. The molecule has 100 valence electrons. The fourth-order valence-corrected chi connectivity index (χ4v) is 2.18. The summed E-state index contributed by atoms with van der Waals surface area (Å²) in [5.41, 5.74) is 0.128. The Bertz CT molecular complexity index is 546. The molecule has 0 saturated carbocycles. The van der Waals surface area contributed by atoms with Crippen LogP contribution >= 0.6 is 0 Å². The van der Waals surface area contributed by atoms with Crippen LogP contribution in [0.2, 0.25) is 0 Å². The van der Waals surface area contributed by atoms with Gasteiger partial charge in [-0.2, -0.15) is 0 Å². The van der Waals surface area contributed by atoms with Crippen molar-refractivity contribution in [1.29, 1.82) is 0 Å². The van der Waals surface area contributed by atoms with Crippen molar-refractivity contribution < 1.29 is 4.74 Å². The molecule has 0 bridgehead atoms. The van der Waals surface area contributed by atoms with Crippen LogP contribution in [-0.4, -0.2) is 27.9 Å². The second-order valence-corrected chi connectivity index (χ2v) is 4.73. The summed E-state index contributed by atoms with van der Waals surface area (Å²) in [7, 11) is 3.15. The molecule has 18 heavy (non-hydrogen) atoms. The summed E-state index contributed by atoms with van der Waals surface area (Å²) in [6, 6.07) is 1.78. The SMILES string of the molecule is CC1OCCC1NCc1cc(=O)n(C)c(=O)n1C. The first kappa shape index (κ1) is 13.0. The molecule has 2 atom stereocenters. The van der Waals surface area contributed by atoms with Crippen LogP contribution in [0.25, 0.3) is 0 Å². The largest absolute Gasteiger partial charge is 0.377 e. The van der Waals surface area contributed by atoms with E-state index in [1.54, 1.807) is 7.05 Å². The van der Waals surface area contributed by atoms with E-state index in [-0.39, 0.29) is 23.4 Å². The minimum Gasteiger partial charge on any atom is -0.377 e. The van der Waals surface area contributed by atoms with Crippen molar-refractivity contribution in [3.8, 4) is 0 Å². The normalized spacial score (nSPS) is 23.5. The Kier molecular flexibility index (Phi) is 3.68. The molecule has 2 rings (SSSR count). The van der Waals surface area contributed by atoms with E-state index in [1.165, 1.54) is 17.7 Å². The number of hydrogen-bond donors (Lipinski definition) is 1. The molecule has 1 saturated heterocycles. The molecule has 2 unspecified atom stereocenters. The van der Waals surface area contributed by atoms with Crippen molar-refractivity contribution >= 4 is 0 Å². The molecule has 6 nitrogen and oxygen atoms in total. The van der Waals surface area contributed by atoms with E-state index in [0.717, 1.165) is 17.6 Å². The molecule has 0 aliphatic carbocycles. The van der Waals surface area contributed by atoms with Gasteiger partial charge < -0.3 is 10.1 Å².